The first-order valence-corrected chi connectivity index (χ1v) is 8.86. The molecule has 3 aliphatic rings. The summed E-state index contributed by atoms with van der Waals surface area (Å²) in [7, 11) is 1.26. The zero-order chi connectivity index (χ0) is 18.7. The van der Waals surface area contributed by atoms with E-state index in [2.05, 4.69) is 0 Å². The molecule has 1 aliphatic heterocycles. The molecule has 1 saturated heterocycles. The third kappa shape index (κ3) is 2.13. The molecular weight excluding hydrogens is 354 g/mol. The van der Waals surface area contributed by atoms with E-state index in [4.69, 9.17) is 16.3 Å². The number of halogens is 1. The Hall–Kier alpha value is -2.40. The second-order valence-electron chi connectivity index (χ2n) is 7.11. The van der Waals surface area contributed by atoms with Gasteiger partial charge < -0.3 is 4.74 Å². The largest absolute Gasteiger partial charge is 0.465 e. The molecule has 4 rings (SSSR count). The fraction of sp³-hybridized carbons (Fsp3) is 0.350. The van der Waals surface area contributed by atoms with Gasteiger partial charge in [0.15, 0.2) is 0 Å². The summed E-state index contributed by atoms with van der Waals surface area (Å²) in [5, 5.41) is 0.216. The Labute approximate surface area is 156 Å². The van der Waals surface area contributed by atoms with Gasteiger partial charge in [0, 0.05) is 11.8 Å². The minimum atomic E-state index is -0.607. The van der Waals surface area contributed by atoms with E-state index in [1.54, 1.807) is 6.07 Å². The van der Waals surface area contributed by atoms with Crippen LogP contribution in [0.2, 0.25) is 5.02 Å². The number of carbonyl (C=O) groups excluding carboxylic acids is 3. The summed E-state index contributed by atoms with van der Waals surface area (Å²) < 4.78 is 4.72. The summed E-state index contributed by atoms with van der Waals surface area (Å²) >= 11 is 6.05. The van der Waals surface area contributed by atoms with Gasteiger partial charge in [-0.05, 0) is 32.0 Å². The minimum Gasteiger partial charge on any atom is -0.465 e. The topological polar surface area (TPSA) is 63.7 Å². The highest BCUT2D eigenvalue weighted by Crippen LogP contribution is 2.57. The van der Waals surface area contributed by atoms with E-state index in [1.807, 2.05) is 26.0 Å². The van der Waals surface area contributed by atoms with Crippen LogP contribution in [0.1, 0.15) is 24.2 Å². The van der Waals surface area contributed by atoms with Gasteiger partial charge >= 0.3 is 5.97 Å². The van der Waals surface area contributed by atoms with Crippen molar-refractivity contribution < 1.29 is 19.1 Å². The number of anilines is 1. The highest BCUT2D eigenvalue weighted by Gasteiger charge is 2.61. The van der Waals surface area contributed by atoms with Crippen LogP contribution in [0.5, 0.6) is 0 Å². The Kier molecular flexibility index (Phi) is 3.81. The van der Waals surface area contributed by atoms with Crippen molar-refractivity contribution in [1.29, 1.82) is 0 Å². The molecular formula is C20H18ClNO4. The Balaban J connectivity index is 1.75. The lowest BCUT2D eigenvalue weighted by Gasteiger charge is -2.20. The number of carbonyl (C=O) groups is 3. The van der Waals surface area contributed by atoms with Crippen LogP contribution in [0, 0.1) is 23.7 Å². The SMILES string of the molecule is COC(=O)c1cc(N2C(=O)[C@H]3[C@H](C2=O)[C@H]2C=C[C@@H]3C2=C(C)C)ccc1Cl. The zero-order valence-corrected chi connectivity index (χ0v) is 15.4. The summed E-state index contributed by atoms with van der Waals surface area (Å²) in [6.07, 6.45) is 4.09. The van der Waals surface area contributed by atoms with E-state index >= 15 is 0 Å². The maximum Gasteiger partial charge on any atom is 0.339 e. The number of esters is 1. The molecule has 1 saturated carbocycles. The average Bonchev–Trinajstić information content (AvgIpc) is 3.25. The van der Waals surface area contributed by atoms with E-state index in [0.29, 0.717) is 5.69 Å². The van der Waals surface area contributed by atoms with Crippen LogP contribution in [0.25, 0.3) is 0 Å². The van der Waals surface area contributed by atoms with E-state index in [-0.39, 0.29) is 46.1 Å². The summed E-state index contributed by atoms with van der Waals surface area (Å²) in [5.41, 5.74) is 2.87. The lowest BCUT2D eigenvalue weighted by Crippen LogP contribution is -2.33. The molecule has 1 aromatic rings. The molecule has 26 heavy (non-hydrogen) atoms. The number of methoxy groups -OCH3 is 1. The number of rotatable bonds is 2. The molecule has 134 valence electrons. The lowest BCUT2D eigenvalue weighted by molar-refractivity contribution is -0.122. The quantitative estimate of drug-likeness (QED) is 0.454. The van der Waals surface area contributed by atoms with E-state index < -0.39 is 5.97 Å². The Morgan fingerprint density at radius 3 is 2.15 bits per heavy atom. The number of benzene rings is 1. The number of hydrogen-bond acceptors (Lipinski definition) is 4. The van der Waals surface area contributed by atoms with Crippen molar-refractivity contribution in [2.75, 3.05) is 12.0 Å². The lowest BCUT2D eigenvalue weighted by atomic mass is 9.85. The first kappa shape index (κ1) is 17.0. The third-order valence-corrected chi connectivity index (χ3v) is 5.94. The first-order valence-electron chi connectivity index (χ1n) is 8.48. The minimum absolute atomic E-state index is 0.0103. The average molecular weight is 372 g/mol. The van der Waals surface area contributed by atoms with Crippen molar-refractivity contribution in [1.82, 2.24) is 0 Å². The number of fused-ring (bicyclic) bond motifs is 5. The van der Waals surface area contributed by atoms with Gasteiger partial charge in [-0.25, -0.2) is 9.69 Å². The second kappa shape index (κ2) is 5.81. The van der Waals surface area contributed by atoms with Crippen molar-refractivity contribution in [2.24, 2.45) is 23.7 Å². The van der Waals surface area contributed by atoms with Crippen molar-refractivity contribution in [3.05, 3.63) is 52.1 Å². The number of hydrogen-bond donors (Lipinski definition) is 0. The summed E-state index contributed by atoms with van der Waals surface area (Å²) in [6, 6.07) is 4.54. The molecule has 1 heterocycles. The van der Waals surface area contributed by atoms with Crippen molar-refractivity contribution in [2.45, 2.75) is 13.8 Å². The Bertz CT molecular complexity index is 878. The maximum absolute atomic E-state index is 13.1. The van der Waals surface area contributed by atoms with Gasteiger partial charge in [-0.1, -0.05) is 34.9 Å². The molecule has 1 aromatic carbocycles. The van der Waals surface area contributed by atoms with Gasteiger partial charge in [-0.3, -0.25) is 9.59 Å². The Morgan fingerprint density at radius 2 is 1.65 bits per heavy atom. The van der Waals surface area contributed by atoms with E-state index in [1.165, 1.54) is 35.3 Å². The number of ether oxygens (including phenoxy) is 1. The predicted octanol–water partition coefficient (Wildman–Crippen LogP) is 3.38. The molecule has 0 N–H and O–H groups in total. The molecule has 5 nitrogen and oxygen atoms in total. The second-order valence-corrected chi connectivity index (χ2v) is 7.52. The number of allylic oxidation sites excluding steroid dienone is 4. The predicted molar refractivity (Wildman–Crippen MR) is 96.8 cm³/mol. The zero-order valence-electron chi connectivity index (χ0n) is 14.7. The van der Waals surface area contributed by atoms with Crippen molar-refractivity contribution in [3.63, 3.8) is 0 Å². The molecule has 0 spiro atoms. The molecule has 2 fully saturated rings. The third-order valence-electron chi connectivity index (χ3n) is 5.61. The summed E-state index contributed by atoms with van der Waals surface area (Å²) in [4.78, 5) is 39.3. The molecule has 0 radical (unpaired) electrons. The van der Waals surface area contributed by atoms with E-state index in [9.17, 15) is 14.4 Å². The number of imide groups is 1. The van der Waals surface area contributed by atoms with Crippen LogP contribution in [0.4, 0.5) is 5.69 Å². The van der Waals surface area contributed by atoms with Gasteiger partial charge in [-0.15, -0.1) is 0 Å². The monoisotopic (exact) mass is 371 g/mol. The van der Waals surface area contributed by atoms with Crippen LogP contribution in [-0.4, -0.2) is 24.9 Å². The molecule has 0 unspecified atom stereocenters. The molecule has 2 aliphatic carbocycles. The Morgan fingerprint density at radius 1 is 1.08 bits per heavy atom. The maximum atomic E-state index is 13.1. The van der Waals surface area contributed by atoms with Crippen molar-refractivity contribution in [3.8, 4) is 0 Å². The standard InChI is InChI=1S/C20H18ClNO4/c1-9(2)15-11-5-6-12(15)17-16(11)18(23)22(19(17)24)10-4-7-14(21)13(8-10)20(25)26-3/h4-8,11-12,16-17H,1-3H3/t11-,12+,16-,17-/m1/s1. The number of amides is 2. The fourth-order valence-electron chi connectivity index (χ4n) is 4.60. The van der Waals surface area contributed by atoms with Crippen LogP contribution in [0.3, 0.4) is 0 Å². The van der Waals surface area contributed by atoms with Gasteiger partial charge in [0.1, 0.15) is 0 Å². The highest BCUT2D eigenvalue weighted by atomic mass is 35.5. The first-order chi connectivity index (χ1) is 12.4. The fourth-order valence-corrected chi connectivity index (χ4v) is 4.80. The van der Waals surface area contributed by atoms with Gasteiger partial charge in [-0.2, -0.15) is 0 Å². The van der Waals surface area contributed by atoms with Crippen LogP contribution >= 0.6 is 11.6 Å². The van der Waals surface area contributed by atoms with Crippen molar-refractivity contribution >= 4 is 35.1 Å². The van der Waals surface area contributed by atoms with E-state index in [0.717, 1.165) is 0 Å². The molecule has 6 heteroatoms. The molecule has 0 aromatic heterocycles. The summed E-state index contributed by atoms with van der Waals surface area (Å²) in [5.74, 6) is -1.78. The molecule has 2 bridgehead atoms. The van der Waals surface area contributed by atoms with Gasteiger partial charge in [0.05, 0.1) is 35.2 Å². The normalized spacial score (nSPS) is 28.8. The smallest absolute Gasteiger partial charge is 0.339 e. The molecule has 2 amide bonds. The van der Waals surface area contributed by atoms with Gasteiger partial charge in [0.2, 0.25) is 11.8 Å². The number of nitrogens with zero attached hydrogens (tertiary/aromatic N) is 1. The highest BCUT2D eigenvalue weighted by molar-refractivity contribution is 6.34. The van der Waals surface area contributed by atoms with Gasteiger partial charge in [0.25, 0.3) is 0 Å². The molecule has 4 atom stereocenters. The van der Waals surface area contributed by atoms with Crippen LogP contribution < -0.4 is 4.90 Å². The summed E-state index contributed by atoms with van der Waals surface area (Å²) in [6.45, 7) is 4.05. The van der Waals surface area contributed by atoms with Crippen LogP contribution in [-0.2, 0) is 14.3 Å². The van der Waals surface area contributed by atoms with Crippen LogP contribution in [0.15, 0.2) is 41.5 Å².